The third-order valence-corrected chi connectivity index (χ3v) is 5.43. The summed E-state index contributed by atoms with van der Waals surface area (Å²) in [4.78, 5) is 37.7. The minimum absolute atomic E-state index is 0.00890. The average molecular weight is 504 g/mol. The molecule has 0 aromatic heterocycles. The van der Waals surface area contributed by atoms with Gasteiger partial charge in [0, 0.05) is 24.3 Å². The van der Waals surface area contributed by atoms with Crippen LogP contribution in [0, 0.1) is 20.2 Å². The Morgan fingerprint density at radius 1 is 1.03 bits per heavy atom. The minimum Gasteiger partial charge on any atom is -0.382 e. The molecule has 37 heavy (non-hydrogen) atoms. The molecule has 0 saturated heterocycles. The highest BCUT2D eigenvalue weighted by molar-refractivity contribution is 6.46. The lowest BCUT2D eigenvalue weighted by atomic mass is 9.99. The van der Waals surface area contributed by atoms with Crippen molar-refractivity contribution in [1.29, 1.82) is 0 Å². The third-order valence-electron chi connectivity index (χ3n) is 5.43. The van der Waals surface area contributed by atoms with Crippen LogP contribution in [-0.2, 0) is 11.2 Å². The fourth-order valence-corrected chi connectivity index (χ4v) is 3.59. The Balaban J connectivity index is 1.69. The van der Waals surface area contributed by atoms with Gasteiger partial charge in [0.05, 0.1) is 27.6 Å². The molecular weight excluding hydrogens is 484 g/mol. The van der Waals surface area contributed by atoms with E-state index in [1.807, 2.05) is 0 Å². The number of fused-ring (bicyclic) bond motifs is 1. The standard InChI is InChI=1S/C24H20N6O7/c31-20(12-14-4-2-1-3-5-14)27-28-21(23(32)15-6-8-16(9-7-15)29(34)35)22-24(33)26-19-13-17(30(36)37)10-11-18(19)25-22/h1-11,13,23-24,26,32-33H,12H2,(H,27,31)/b28-21+/t23-,24+/m1/s1. The lowest BCUT2D eigenvalue weighted by Crippen LogP contribution is -2.40. The summed E-state index contributed by atoms with van der Waals surface area (Å²) >= 11 is 0. The van der Waals surface area contributed by atoms with E-state index in [0.717, 1.165) is 5.56 Å². The van der Waals surface area contributed by atoms with E-state index in [1.165, 1.54) is 42.5 Å². The molecule has 13 nitrogen and oxygen atoms in total. The van der Waals surface area contributed by atoms with Crippen molar-refractivity contribution in [3.63, 3.8) is 0 Å². The molecule has 0 unspecified atom stereocenters. The largest absolute Gasteiger partial charge is 0.382 e. The number of nitrogens with zero attached hydrogens (tertiary/aromatic N) is 4. The van der Waals surface area contributed by atoms with Crippen molar-refractivity contribution in [1.82, 2.24) is 5.43 Å². The molecule has 4 N–H and O–H groups in total. The number of anilines is 1. The minimum atomic E-state index is -1.55. The van der Waals surface area contributed by atoms with Crippen LogP contribution in [0.25, 0.3) is 0 Å². The second-order valence-corrected chi connectivity index (χ2v) is 7.95. The molecular formula is C24H20N6O7. The SMILES string of the molecule is O=C(Cc1ccccc1)N/N=C(\C1=Nc2ccc([N+](=O)[O-])cc2N[C@H]1O)[C@H](O)c1ccc([N+](=O)[O-])cc1. The molecule has 0 spiro atoms. The van der Waals surface area contributed by atoms with Crippen molar-refractivity contribution in [2.24, 2.45) is 10.1 Å². The molecule has 1 aliphatic heterocycles. The Morgan fingerprint density at radius 3 is 2.32 bits per heavy atom. The van der Waals surface area contributed by atoms with Crippen molar-refractivity contribution in [3.8, 4) is 0 Å². The normalized spacial score (nSPS) is 15.6. The summed E-state index contributed by atoms with van der Waals surface area (Å²) in [5.74, 6) is -0.505. The van der Waals surface area contributed by atoms with Crippen molar-refractivity contribution >= 4 is 40.1 Å². The number of non-ortho nitro benzene ring substituents is 2. The van der Waals surface area contributed by atoms with Crippen LogP contribution in [0.4, 0.5) is 22.7 Å². The van der Waals surface area contributed by atoms with E-state index in [0.29, 0.717) is 0 Å². The fourth-order valence-electron chi connectivity index (χ4n) is 3.59. The highest BCUT2D eigenvalue weighted by atomic mass is 16.6. The van der Waals surface area contributed by atoms with E-state index >= 15 is 0 Å². The van der Waals surface area contributed by atoms with Crippen LogP contribution in [0.2, 0.25) is 0 Å². The molecule has 0 aliphatic carbocycles. The number of aliphatic imine (C=N–C) groups is 1. The number of hydrogen-bond donors (Lipinski definition) is 4. The van der Waals surface area contributed by atoms with Gasteiger partial charge in [0.1, 0.15) is 17.5 Å². The zero-order valence-corrected chi connectivity index (χ0v) is 19.0. The number of aliphatic hydroxyl groups excluding tert-OH is 2. The molecule has 188 valence electrons. The molecule has 1 amide bonds. The Kier molecular flexibility index (Phi) is 7.27. The molecule has 0 saturated carbocycles. The first-order valence-electron chi connectivity index (χ1n) is 10.9. The predicted octanol–water partition coefficient (Wildman–Crippen LogP) is 2.77. The van der Waals surface area contributed by atoms with Gasteiger partial charge in [0.15, 0.2) is 6.23 Å². The predicted molar refractivity (Wildman–Crippen MR) is 134 cm³/mol. The second kappa shape index (κ2) is 10.7. The summed E-state index contributed by atoms with van der Waals surface area (Å²) in [6.07, 6.45) is -3.11. The van der Waals surface area contributed by atoms with Crippen LogP contribution in [-0.4, -0.2) is 43.6 Å². The topological polar surface area (TPSA) is 193 Å². The Bertz CT molecular complexity index is 1410. The molecule has 1 heterocycles. The summed E-state index contributed by atoms with van der Waals surface area (Å²) in [7, 11) is 0. The van der Waals surface area contributed by atoms with Gasteiger partial charge in [0.25, 0.3) is 11.4 Å². The maximum atomic E-state index is 12.5. The Labute approximate surface area is 209 Å². The fraction of sp³-hybridized carbons (Fsp3) is 0.125. The van der Waals surface area contributed by atoms with Gasteiger partial charge in [-0.3, -0.25) is 25.0 Å². The van der Waals surface area contributed by atoms with Gasteiger partial charge in [-0.1, -0.05) is 30.3 Å². The Hall–Kier alpha value is -5.01. The maximum absolute atomic E-state index is 12.5. The summed E-state index contributed by atoms with van der Waals surface area (Å²) < 4.78 is 0. The van der Waals surface area contributed by atoms with E-state index in [-0.39, 0.29) is 46.2 Å². The van der Waals surface area contributed by atoms with Gasteiger partial charge in [-0.15, -0.1) is 0 Å². The van der Waals surface area contributed by atoms with Gasteiger partial charge in [-0.2, -0.15) is 5.10 Å². The van der Waals surface area contributed by atoms with Gasteiger partial charge < -0.3 is 15.5 Å². The molecule has 1 aliphatic rings. The van der Waals surface area contributed by atoms with Crippen LogP contribution in [0.3, 0.4) is 0 Å². The first-order chi connectivity index (χ1) is 17.7. The zero-order chi connectivity index (χ0) is 26.5. The van der Waals surface area contributed by atoms with Crippen molar-refractivity contribution in [2.75, 3.05) is 5.32 Å². The van der Waals surface area contributed by atoms with Crippen LogP contribution in [0.5, 0.6) is 0 Å². The van der Waals surface area contributed by atoms with Crippen LogP contribution >= 0.6 is 0 Å². The zero-order valence-electron chi connectivity index (χ0n) is 19.0. The molecule has 3 aromatic carbocycles. The maximum Gasteiger partial charge on any atom is 0.271 e. The Morgan fingerprint density at radius 2 is 1.68 bits per heavy atom. The number of amides is 1. The number of carbonyl (C=O) groups excluding carboxylic acids is 1. The van der Waals surface area contributed by atoms with Gasteiger partial charge in [-0.25, -0.2) is 10.4 Å². The number of hydrazone groups is 1. The second-order valence-electron chi connectivity index (χ2n) is 7.95. The third kappa shape index (κ3) is 5.80. The van der Waals surface area contributed by atoms with Gasteiger partial charge >= 0.3 is 0 Å². The molecule has 0 bridgehead atoms. The molecule has 4 rings (SSSR count). The number of benzene rings is 3. The van der Waals surface area contributed by atoms with E-state index in [1.54, 1.807) is 30.3 Å². The first kappa shape index (κ1) is 25.1. The monoisotopic (exact) mass is 504 g/mol. The number of carbonyl (C=O) groups is 1. The van der Waals surface area contributed by atoms with E-state index in [2.05, 4.69) is 20.8 Å². The highest BCUT2D eigenvalue weighted by Crippen LogP contribution is 2.34. The van der Waals surface area contributed by atoms with Crippen LogP contribution < -0.4 is 10.7 Å². The van der Waals surface area contributed by atoms with Crippen molar-refractivity contribution in [3.05, 3.63) is 104 Å². The quantitative estimate of drug-likeness (QED) is 0.204. The number of nitrogens with one attached hydrogen (secondary N) is 2. The molecule has 2 atom stereocenters. The smallest absolute Gasteiger partial charge is 0.271 e. The van der Waals surface area contributed by atoms with E-state index < -0.39 is 28.1 Å². The lowest BCUT2D eigenvalue weighted by Gasteiger charge is -2.25. The van der Waals surface area contributed by atoms with Crippen molar-refractivity contribution in [2.45, 2.75) is 18.8 Å². The number of rotatable bonds is 8. The number of nitro benzene ring substituents is 2. The molecule has 0 radical (unpaired) electrons. The summed E-state index contributed by atoms with van der Waals surface area (Å²) in [6, 6.07) is 17.6. The van der Waals surface area contributed by atoms with E-state index in [4.69, 9.17) is 0 Å². The number of nitro groups is 2. The van der Waals surface area contributed by atoms with Crippen molar-refractivity contribution < 1.29 is 24.9 Å². The molecule has 3 aromatic rings. The lowest BCUT2D eigenvalue weighted by molar-refractivity contribution is -0.385. The van der Waals surface area contributed by atoms with E-state index in [9.17, 15) is 35.2 Å². The number of hydrogen-bond acceptors (Lipinski definition) is 10. The highest BCUT2D eigenvalue weighted by Gasteiger charge is 2.31. The number of aliphatic hydroxyl groups is 2. The summed E-state index contributed by atoms with van der Waals surface area (Å²) in [6.45, 7) is 0. The summed E-state index contributed by atoms with van der Waals surface area (Å²) in [5.41, 5.74) is 2.86. The molecule has 13 heteroatoms. The summed E-state index contributed by atoms with van der Waals surface area (Å²) in [5, 5.41) is 50.6. The average Bonchev–Trinajstić information content (AvgIpc) is 2.89. The van der Waals surface area contributed by atoms with Gasteiger partial charge in [-0.05, 0) is 29.3 Å². The first-order valence-corrected chi connectivity index (χ1v) is 10.9. The van der Waals surface area contributed by atoms with Crippen LogP contribution in [0.1, 0.15) is 17.2 Å². The van der Waals surface area contributed by atoms with Crippen LogP contribution in [0.15, 0.2) is 82.9 Å². The van der Waals surface area contributed by atoms with Gasteiger partial charge in [0.2, 0.25) is 5.91 Å². The molecule has 0 fully saturated rings.